The molecule has 28 heavy (non-hydrogen) atoms. The van der Waals surface area contributed by atoms with E-state index in [4.69, 9.17) is 9.47 Å². The number of ether oxygens (including phenoxy) is 2. The molecule has 4 rings (SSSR count). The molecule has 0 aliphatic carbocycles. The molecule has 2 aromatic carbocycles. The minimum Gasteiger partial charge on any atom is -0.491 e. The lowest BCUT2D eigenvalue weighted by atomic mass is 9.81. The van der Waals surface area contributed by atoms with Gasteiger partial charge >= 0.3 is 0 Å². The molecule has 6 heteroatoms. The summed E-state index contributed by atoms with van der Waals surface area (Å²) in [6, 6.07) is 19.7. The summed E-state index contributed by atoms with van der Waals surface area (Å²) >= 11 is 0. The quantitative estimate of drug-likeness (QED) is 0.733. The standard InChI is InChI=1S/C22H19FN2O3/c23-15-28-18-10-8-17(9-11-18)22(25-21(26)16-5-2-1-3-6-16)12-14-27-19-7-4-13-24-20(19)22/h1-11,13H,12,14-15H2,(H,25,26). The molecule has 3 aromatic rings. The van der Waals surface area contributed by atoms with Crippen LogP contribution < -0.4 is 14.8 Å². The van der Waals surface area contributed by atoms with E-state index in [1.165, 1.54) is 0 Å². The molecule has 0 bridgehead atoms. The van der Waals surface area contributed by atoms with Gasteiger partial charge in [0.25, 0.3) is 5.91 Å². The number of benzene rings is 2. The Morgan fingerprint density at radius 2 is 1.89 bits per heavy atom. The Hall–Kier alpha value is -3.41. The van der Waals surface area contributed by atoms with Gasteiger partial charge in [0.05, 0.1) is 6.61 Å². The Labute approximate surface area is 162 Å². The molecule has 1 aromatic heterocycles. The summed E-state index contributed by atoms with van der Waals surface area (Å²) in [4.78, 5) is 17.5. The summed E-state index contributed by atoms with van der Waals surface area (Å²) in [5.74, 6) is 0.846. The third kappa shape index (κ3) is 3.29. The molecule has 1 atom stereocenters. The van der Waals surface area contributed by atoms with Crippen LogP contribution in [0.2, 0.25) is 0 Å². The molecular weight excluding hydrogens is 359 g/mol. The molecule has 0 radical (unpaired) electrons. The van der Waals surface area contributed by atoms with Crippen molar-refractivity contribution < 1.29 is 18.7 Å². The van der Waals surface area contributed by atoms with E-state index in [0.29, 0.717) is 35.8 Å². The lowest BCUT2D eigenvalue weighted by Crippen LogP contribution is -2.50. The first-order chi connectivity index (χ1) is 13.7. The zero-order valence-electron chi connectivity index (χ0n) is 15.1. The van der Waals surface area contributed by atoms with Crippen molar-refractivity contribution in [2.24, 2.45) is 0 Å². The minimum atomic E-state index is -0.895. The zero-order chi connectivity index (χ0) is 19.4. The number of fused-ring (bicyclic) bond motifs is 1. The van der Waals surface area contributed by atoms with E-state index in [1.807, 2.05) is 36.4 Å². The van der Waals surface area contributed by atoms with Crippen molar-refractivity contribution in [1.29, 1.82) is 0 Å². The van der Waals surface area contributed by atoms with Crippen LogP contribution in [0, 0.1) is 0 Å². The molecule has 0 saturated carbocycles. The number of carbonyl (C=O) groups is 1. The van der Waals surface area contributed by atoms with Gasteiger partial charge < -0.3 is 14.8 Å². The number of nitrogens with zero attached hydrogens (tertiary/aromatic N) is 1. The first-order valence-electron chi connectivity index (χ1n) is 8.98. The van der Waals surface area contributed by atoms with E-state index in [9.17, 15) is 9.18 Å². The Morgan fingerprint density at radius 3 is 2.64 bits per heavy atom. The number of hydrogen-bond donors (Lipinski definition) is 1. The van der Waals surface area contributed by atoms with Crippen LogP contribution >= 0.6 is 0 Å². The Kier molecular flexibility index (Phi) is 4.93. The molecule has 1 amide bonds. The number of amides is 1. The van der Waals surface area contributed by atoms with Crippen molar-refractivity contribution in [1.82, 2.24) is 10.3 Å². The maximum absolute atomic E-state index is 13.0. The molecule has 1 unspecified atom stereocenters. The first-order valence-corrected chi connectivity index (χ1v) is 8.98. The largest absolute Gasteiger partial charge is 0.491 e. The van der Waals surface area contributed by atoms with E-state index >= 15 is 0 Å². The molecule has 1 aliphatic heterocycles. The van der Waals surface area contributed by atoms with Crippen LogP contribution in [0.5, 0.6) is 11.5 Å². The molecular formula is C22H19FN2O3. The predicted octanol–water partition coefficient (Wildman–Crippen LogP) is 3.84. The summed E-state index contributed by atoms with van der Waals surface area (Å²) in [6.45, 7) is -0.468. The monoisotopic (exact) mass is 378 g/mol. The highest BCUT2D eigenvalue weighted by Crippen LogP contribution is 2.41. The number of pyridine rings is 1. The van der Waals surface area contributed by atoms with Gasteiger partial charge in [0.15, 0.2) is 0 Å². The summed E-state index contributed by atoms with van der Waals surface area (Å²) in [5, 5.41) is 3.18. The highest BCUT2D eigenvalue weighted by molar-refractivity contribution is 5.95. The second-order valence-electron chi connectivity index (χ2n) is 6.45. The van der Waals surface area contributed by atoms with Gasteiger partial charge in [0.1, 0.15) is 22.7 Å². The smallest absolute Gasteiger partial charge is 0.252 e. The van der Waals surface area contributed by atoms with Gasteiger partial charge in [-0.05, 0) is 42.0 Å². The van der Waals surface area contributed by atoms with Gasteiger partial charge in [0.2, 0.25) is 6.86 Å². The van der Waals surface area contributed by atoms with Gasteiger partial charge in [-0.15, -0.1) is 0 Å². The fourth-order valence-electron chi connectivity index (χ4n) is 3.49. The Morgan fingerprint density at radius 1 is 1.11 bits per heavy atom. The number of rotatable bonds is 5. The number of carbonyl (C=O) groups excluding carboxylic acids is 1. The highest BCUT2D eigenvalue weighted by Gasteiger charge is 2.42. The summed E-state index contributed by atoms with van der Waals surface area (Å²) < 4.78 is 23.1. The van der Waals surface area contributed by atoms with E-state index in [1.54, 1.807) is 36.5 Å². The van der Waals surface area contributed by atoms with Crippen LogP contribution in [0.3, 0.4) is 0 Å². The molecule has 2 heterocycles. The lowest BCUT2D eigenvalue weighted by molar-refractivity contribution is 0.0883. The van der Waals surface area contributed by atoms with Crippen LogP contribution in [0.15, 0.2) is 72.9 Å². The molecule has 5 nitrogen and oxygen atoms in total. The van der Waals surface area contributed by atoms with Crippen molar-refractivity contribution in [3.8, 4) is 11.5 Å². The maximum atomic E-state index is 13.0. The van der Waals surface area contributed by atoms with Crippen LogP contribution in [0.4, 0.5) is 4.39 Å². The van der Waals surface area contributed by atoms with Crippen LogP contribution in [0.25, 0.3) is 0 Å². The summed E-state index contributed by atoms with van der Waals surface area (Å²) in [7, 11) is 0. The SMILES string of the molecule is O=C(NC1(c2ccc(OCF)cc2)CCOc2cccnc21)c1ccccc1. The van der Waals surface area contributed by atoms with Gasteiger partial charge in [-0.1, -0.05) is 30.3 Å². The number of alkyl halides is 1. The second kappa shape index (κ2) is 7.68. The van der Waals surface area contributed by atoms with Crippen molar-refractivity contribution in [3.05, 3.63) is 89.7 Å². The Balaban J connectivity index is 1.79. The number of nitrogens with one attached hydrogen (secondary N) is 1. The van der Waals surface area contributed by atoms with E-state index in [0.717, 1.165) is 5.56 Å². The van der Waals surface area contributed by atoms with Gasteiger partial charge in [-0.2, -0.15) is 0 Å². The third-order valence-corrected chi connectivity index (χ3v) is 4.84. The minimum absolute atomic E-state index is 0.205. The first kappa shape index (κ1) is 18.0. The predicted molar refractivity (Wildman–Crippen MR) is 102 cm³/mol. The number of hydrogen-bond acceptors (Lipinski definition) is 4. The van der Waals surface area contributed by atoms with Crippen molar-refractivity contribution in [3.63, 3.8) is 0 Å². The molecule has 0 fully saturated rings. The molecule has 1 N–H and O–H groups in total. The molecule has 142 valence electrons. The average Bonchev–Trinajstić information content (AvgIpc) is 2.75. The van der Waals surface area contributed by atoms with Gasteiger partial charge in [-0.25, -0.2) is 4.39 Å². The van der Waals surface area contributed by atoms with Crippen molar-refractivity contribution in [2.75, 3.05) is 13.5 Å². The van der Waals surface area contributed by atoms with Gasteiger partial charge in [0, 0.05) is 18.2 Å². The van der Waals surface area contributed by atoms with Gasteiger partial charge in [-0.3, -0.25) is 9.78 Å². The van der Waals surface area contributed by atoms with Crippen molar-refractivity contribution >= 4 is 5.91 Å². The van der Waals surface area contributed by atoms with Crippen molar-refractivity contribution in [2.45, 2.75) is 12.0 Å². The summed E-state index contributed by atoms with van der Waals surface area (Å²) in [5.41, 5.74) is 1.16. The zero-order valence-corrected chi connectivity index (χ0v) is 15.1. The number of aromatic nitrogens is 1. The Bertz CT molecular complexity index is 963. The third-order valence-electron chi connectivity index (χ3n) is 4.84. The van der Waals surface area contributed by atoms with E-state index < -0.39 is 12.4 Å². The van der Waals surface area contributed by atoms with E-state index in [-0.39, 0.29) is 5.91 Å². The van der Waals surface area contributed by atoms with Crippen LogP contribution in [0.1, 0.15) is 28.0 Å². The molecule has 0 saturated heterocycles. The highest BCUT2D eigenvalue weighted by atomic mass is 19.1. The summed E-state index contributed by atoms with van der Waals surface area (Å²) in [6.07, 6.45) is 2.19. The topological polar surface area (TPSA) is 60.5 Å². The van der Waals surface area contributed by atoms with Crippen LogP contribution in [-0.2, 0) is 5.54 Å². The average molecular weight is 378 g/mol. The number of halogens is 1. The molecule has 1 aliphatic rings. The normalized spacial score (nSPS) is 17.9. The maximum Gasteiger partial charge on any atom is 0.252 e. The molecule has 0 spiro atoms. The van der Waals surface area contributed by atoms with E-state index in [2.05, 4.69) is 10.3 Å². The van der Waals surface area contributed by atoms with Crippen LogP contribution in [-0.4, -0.2) is 24.4 Å². The lowest BCUT2D eigenvalue weighted by Gasteiger charge is -2.39. The second-order valence-corrected chi connectivity index (χ2v) is 6.45. The fourth-order valence-corrected chi connectivity index (χ4v) is 3.49. The fraction of sp³-hybridized carbons (Fsp3) is 0.182.